The van der Waals surface area contributed by atoms with Gasteiger partial charge < -0.3 is 27.5 Å². The first-order chi connectivity index (χ1) is 11.7. The van der Waals surface area contributed by atoms with Crippen LogP contribution in [0.3, 0.4) is 0 Å². The van der Waals surface area contributed by atoms with E-state index in [1.807, 2.05) is 18.2 Å². The van der Waals surface area contributed by atoms with Crippen molar-refractivity contribution in [3.8, 4) is 0 Å². The van der Waals surface area contributed by atoms with Crippen LogP contribution in [0.5, 0.6) is 0 Å². The summed E-state index contributed by atoms with van der Waals surface area (Å²) in [5.74, 6) is 0. The Bertz CT molecular complexity index is 331. The summed E-state index contributed by atoms with van der Waals surface area (Å²) < 4.78 is 32.3. The minimum absolute atomic E-state index is 0.472. The number of hydrogen-bond acceptors (Lipinski definition) is 6. The zero-order valence-corrected chi connectivity index (χ0v) is 15.9. The minimum atomic E-state index is -2.91. The van der Waals surface area contributed by atoms with Gasteiger partial charge in [0.15, 0.2) is 0 Å². The Balaban J connectivity index is 4.48. The molecule has 138 valence electrons. The maximum absolute atomic E-state index is 5.90. The van der Waals surface area contributed by atoms with Gasteiger partial charge in [-0.05, 0) is 43.2 Å². The van der Waals surface area contributed by atoms with E-state index in [-0.39, 0.29) is 0 Å². The Morgan fingerprint density at radius 2 is 1.00 bits per heavy atom. The molecular formula is C17H30O6Si. The van der Waals surface area contributed by atoms with Crippen molar-refractivity contribution in [2.45, 2.75) is 19.3 Å². The Morgan fingerprint density at radius 3 is 1.25 bits per heavy atom. The van der Waals surface area contributed by atoms with Gasteiger partial charge in [0.05, 0.1) is 40.1 Å². The lowest BCUT2D eigenvalue weighted by Gasteiger charge is -2.26. The standard InChI is InChI=1S/C17H30O6Si/c1-5-24(21-15-9-6-12-18-2,22-16-10-7-13-19-3)23-17-11-8-14-20-4/h5-8,12-14H,1,9-11,15-17H2,2-4H3. The van der Waals surface area contributed by atoms with Crippen molar-refractivity contribution in [1.82, 2.24) is 0 Å². The molecule has 6 nitrogen and oxygen atoms in total. The van der Waals surface area contributed by atoms with Crippen molar-refractivity contribution in [3.05, 3.63) is 49.3 Å². The van der Waals surface area contributed by atoms with Gasteiger partial charge in [-0.3, -0.25) is 0 Å². The summed E-state index contributed by atoms with van der Waals surface area (Å²) in [6.45, 7) is 5.25. The van der Waals surface area contributed by atoms with E-state index in [1.54, 1.807) is 45.8 Å². The third kappa shape index (κ3) is 12.0. The molecule has 0 spiro atoms. The summed E-state index contributed by atoms with van der Waals surface area (Å²) in [6.07, 6.45) is 12.6. The van der Waals surface area contributed by atoms with E-state index in [1.165, 1.54) is 0 Å². The van der Waals surface area contributed by atoms with E-state index in [0.717, 1.165) is 0 Å². The Hall–Kier alpha value is -1.54. The highest BCUT2D eigenvalue weighted by atomic mass is 28.4. The van der Waals surface area contributed by atoms with Gasteiger partial charge in [0.2, 0.25) is 0 Å². The summed E-state index contributed by atoms with van der Waals surface area (Å²) in [4.78, 5) is 0. The Labute approximate surface area is 146 Å². The van der Waals surface area contributed by atoms with Crippen LogP contribution >= 0.6 is 0 Å². The molecule has 0 N–H and O–H groups in total. The molecule has 0 unspecified atom stereocenters. The highest BCUT2D eigenvalue weighted by Crippen LogP contribution is 2.13. The van der Waals surface area contributed by atoms with E-state index in [4.69, 9.17) is 27.5 Å². The van der Waals surface area contributed by atoms with Gasteiger partial charge in [0.1, 0.15) is 0 Å². The summed E-state index contributed by atoms with van der Waals surface area (Å²) in [5.41, 5.74) is 1.66. The molecule has 7 heteroatoms. The minimum Gasteiger partial charge on any atom is -0.505 e. The summed E-state index contributed by atoms with van der Waals surface area (Å²) >= 11 is 0. The molecule has 0 saturated heterocycles. The zero-order chi connectivity index (χ0) is 17.9. The highest BCUT2D eigenvalue weighted by molar-refractivity contribution is 6.66. The quantitative estimate of drug-likeness (QED) is 0.240. The van der Waals surface area contributed by atoms with Gasteiger partial charge >= 0.3 is 8.80 Å². The maximum Gasteiger partial charge on any atom is 0.529 e. The fourth-order valence-electron chi connectivity index (χ4n) is 1.60. The fourth-order valence-corrected chi connectivity index (χ4v) is 3.41. The SMILES string of the molecule is C=C[Si](OCCC=COC)(OCCC=COC)OCCC=COC. The lowest BCUT2D eigenvalue weighted by molar-refractivity contribution is 0.0751. The van der Waals surface area contributed by atoms with E-state index in [2.05, 4.69) is 6.58 Å². The average molecular weight is 359 g/mol. The second kappa shape index (κ2) is 16.3. The molecule has 0 radical (unpaired) electrons. The predicted octanol–water partition coefficient (Wildman–Crippen LogP) is 3.35. The molecule has 0 aromatic carbocycles. The van der Waals surface area contributed by atoms with Gasteiger partial charge in [-0.15, -0.1) is 0 Å². The third-order valence-corrected chi connectivity index (χ3v) is 5.03. The first-order valence-corrected chi connectivity index (χ1v) is 9.63. The number of hydrogen-bond donors (Lipinski definition) is 0. The molecule has 0 aliphatic rings. The smallest absolute Gasteiger partial charge is 0.505 e. The van der Waals surface area contributed by atoms with E-state index < -0.39 is 8.80 Å². The summed E-state index contributed by atoms with van der Waals surface area (Å²) in [6, 6.07) is 0. The molecule has 24 heavy (non-hydrogen) atoms. The van der Waals surface area contributed by atoms with Crippen LogP contribution in [0.4, 0.5) is 0 Å². The Morgan fingerprint density at radius 1 is 0.667 bits per heavy atom. The molecule has 0 aromatic heterocycles. The van der Waals surface area contributed by atoms with Gasteiger partial charge in [-0.1, -0.05) is 6.58 Å². The van der Waals surface area contributed by atoms with Crippen LogP contribution in [0, 0.1) is 0 Å². The second-order valence-corrected chi connectivity index (χ2v) is 7.02. The van der Waals surface area contributed by atoms with Crippen LogP contribution in [0.2, 0.25) is 0 Å². The topological polar surface area (TPSA) is 55.4 Å². The molecule has 0 amide bonds. The van der Waals surface area contributed by atoms with Crippen LogP contribution in [0.25, 0.3) is 0 Å². The highest BCUT2D eigenvalue weighted by Gasteiger charge is 2.37. The summed E-state index contributed by atoms with van der Waals surface area (Å²) in [7, 11) is 1.90. The van der Waals surface area contributed by atoms with Gasteiger partial charge in [0.25, 0.3) is 0 Å². The van der Waals surface area contributed by atoms with Crippen molar-refractivity contribution in [2.75, 3.05) is 41.2 Å². The summed E-state index contributed by atoms with van der Waals surface area (Å²) in [5, 5.41) is 0. The molecule has 0 aromatic rings. The van der Waals surface area contributed by atoms with Crippen LogP contribution in [0.15, 0.2) is 49.3 Å². The van der Waals surface area contributed by atoms with E-state index in [0.29, 0.717) is 39.1 Å². The maximum atomic E-state index is 5.90. The van der Waals surface area contributed by atoms with E-state index >= 15 is 0 Å². The average Bonchev–Trinajstić information content (AvgIpc) is 2.60. The number of rotatable bonds is 16. The van der Waals surface area contributed by atoms with Crippen molar-refractivity contribution >= 4 is 8.80 Å². The molecule has 0 aliphatic carbocycles. The van der Waals surface area contributed by atoms with Crippen molar-refractivity contribution in [3.63, 3.8) is 0 Å². The number of ether oxygens (including phenoxy) is 3. The lowest BCUT2D eigenvalue weighted by Crippen LogP contribution is -2.45. The van der Waals surface area contributed by atoms with Crippen molar-refractivity contribution < 1.29 is 27.5 Å². The van der Waals surface area contributed by atoms with E-state index in [9.17, 15) is 0 Å². The molecular weight excluding hydrogens is 328 g/mol. The van der Waals surface area contributed by atoms with Crippen molar-refractivity contribution in [1.29, 1.82) is 0 Å². The van der Waals surface area contributed by atoms with Gasteiger partial charge in [0, 0.05) is 19.8 Å². The third-order valence-electron chi connectivity index (χ3n) is 2.71. The second-order valence-electron chi connectivity index (χ2n) is 4.54. The normalized spacial score (nSPS) is 14.3. The predicted molar refractivity (Wildman–Crippen MR) is 96.1 cm³/mol. The molecule has 0 aliphatic heterocycles. The Kier molecular flexibility index (Phi) is 15.3. The number of methoxy groups -OCH3 is 3. The lowest BCUT2D eigenvalue weighted by atomic mass is 10.4. The molecule has 0 heterocycles. The zero-order valence-electron chi connectivity index (χ0n) is 14.9. The molecule has 0 rings (SSSR count). The molecule has 0 saturated carbocycles. The van der Waals surface area contributed by atoms with Gasteiger partial charge in [-0.2, -0.15) is 0 Å². The van der Waals surface area contributed by atoms with Crippen LogP contribution in [0.1, 0.15) is 19.3 Å². The fraction of sp³-hybridized carbons (Fsp3) is 0.529. The van der Waals surface area contributed by atoms with Gasteiger partial charge in [-0.25, -0.2) is 0 Å². The van der Waals surface area contributed by atoms with Crippen molar-refractivity contribution in [2.24, 2.45) is 0 Å². The van der Waals surface area contributed by atoms with Crippen LogP contribution < -0.4 is 0 Å². The van der Waals surface area contributed by atoms with Crippen LogP contribution in [-0.4, -0.2) is 50.0 Å². The monoisotopic (exact) mass is 358 g/mol. The first-order valence-electron chi connectivity index (χ1n) is 7.83. The molecule has 0 atom stereocenters. The largest absolute Gasteiger partial charge is 0.529 e. The first kappa shape index (κ1) is 22.5. The molecule has 0 bridgehead atoms. The molecule has 0 fully saturated rings. The van der Waals surface area contributed by atoms with Crippen LogP contribution in [-0.2, 0) is 27.5 Å².